The normalized spacial score (nSPS) is 12.1. The molecule has 1 rings (SSSR count). The summed E-state index contributed by atoms with van der Waals surface area (Å²) in [6.07, 6.45) is 4.05. The molecule has 34 heavy (non-hydrogen) atoms. The number of alkyl halides is 3. The van der Waals surface area contributed by atoms with Crippen molar-refractivity contribution in [1.82, 2.24) is 5.32 Å². The first-order valence-electron chi connectivity index (χ1n) is 10.5. The first kappa shape index (κ1) is 30.8. The third-order valence-electron chi connectivity index (χ3n) is 3.94. The molecule has 0 spiro atoms. The Labute approximate surface area is 200 Å². The van der Waals surface area contributed by atoms with Crippen LogP contribution in [-0.4, -0.2) is 52.3 Å². The lowest BCUT2D eigenvalue weighted by Gasteiger charge is -2.08. The fraction of sp³-hybridized carbons (Fsp3) is 0.360. The molecule has 0 aromatic heterocycles. The zero-order valence-electron chi connectivity index (χ0n) is 20.0. The lowest BCUT2D eigenvalue weighted by Crippen LogP contribution is -2.24. The van der Waals surface area contributed by atoms with E-state index in [1.54, 1.807) is 37.5 Å². The number of aryl methyl sites for hydroxylation is 1. The van der Waals surface area contributed by atoms with E-state index >= 15 is 0 Å². The number of allylic oxidation sites excluding steroid dienone is 4. The SMILES string of the molecule is C=C/C=C(\C=C/COC(F)(F)F)c1ccc(ON=C)c(C)c1.C=CCN=C(CCOC)NCC. The van der Waals surface area contributed by atoms with Crippen molar-refractivity contribution in [2.24, 2.45) is 10.1 Å². The number of nitrogens with zero attached hydrogens (tertiary/aromatic N) is 2. The van der Waals surface area contributed by atoms with Crippen LogP contribution in [0, 0.1) is 6.92 Å². The first-order chi connectivity index (χ1) is 16.2. The second-order valence-corrected chi connectivity index (χ2v) is 6.57. The number of hydrogen-bond donors (Lipinski definition) is 1. The smallest absolute Gasteiger partial charge is 0.384 e. The summed E-state index contributed by atoms with van der Waals surface area (Å²) in [5, 5.41) is 6.52. The van der Waals surface area contributed by atoms with Crippen molar-refractivity contribution in [1.29, 1.82) is 0 Å². The van der Waals surface area contributed by atoms with E-state index in [0.29, 0.717) is 24.5 Å². The summed E-state index contributed by atoms with van der Waals surface area (Å²) in [6.45, 7) is 16.0. The van der Waals surface area contributed by atoms with Gasteiger partial charge in [0.15, 0.2) is 5.75 Å². The Morgan fingerprint density at radius 1 is 1.24 bits per heavy atom. The maximum absolute atomic E-state index is 11.9. The van der Waals surface area contributed by atoms with E-state index in [2.05, 4.69) is 47.0 Å². The molecular weight excluding hydrogens is 447 g/mol. The summed E-state index contributed by atoms with van der Waals surface area (Å²) < 4.78 is 44.4. The number of amidine groups is 1. The molecule has 0 aliphatic heterocycles. The number of benzene rings is 1. The Bertz CT molecular complexity index is 848. The van der Waals surface area contributed by atoms with Crippen LogP contribution in [0.1, 0.15) is 24.5 Å². The third-order valence-corrected chi connectivity index (χ3v) is 3.94. The molecule has 0 fully saturated rings. The fourth-order valence-corrected chi connectivity index (χ4v) is 2.49. The second-order valence-electron chi connectivity index (χ2n) is 6.57. The molecule has 0 aliphatic carbocycles. The van der Waals surface area contributed by atoms with Gasteiger partial charge in [-0.3, -0.25) is 9.73 Å². The zero-order chi connectivity index (χ0) is 25.8. The molecule has 0 bridgehead atoms. The first-order valence-corrected chi connectivity index (χ1v) is 10.5. The molecule has 0 unspecified atom stereocenters. The number of methoxy groups -OCH3 is 1. The highest BCUT2D eigenvalue weighted by Crippen LogP contribution is 2.25. The average Bonchev–Trinajstić information content (AvgIpc) is 2.79. The predicted octanol–water partition coefficient (Wildman–Crippen LogP) is 5.87. The number of halogens is 3. The maximum atomic E-state index is 11.9. The Morgan fingerprint density at radius 2 is 1.97 bits per heavy atom. The van der Waals surface area contributed by atoms with Gasteiger partial charge in [0.1, 0.15) is 0 Å². The van der Waals surface area contributed by atoms with Crippen LogP contribution in [-0.2, 0) is 9.47 Å². The quantitative estimate of drug-likeness (QED) is 0.126. The molecule has 0 aliphatic rings. The number of nitrogens with one attached hydrogen (secondary N) is 1. The van der Waals surface area contributed by atoms with Crippen molar-refractivity contribution in [3.63, 3.8) is 0 Å². The fourth-order valence-electron chi connectivity index (χ4n) is 2.49. The molecule has 0 amide bonds. The Morgan fingerprint density at radius 3 is 2.50 bits per heavy atom. The molecule has 6 nitrogen and oxygen atoms in total. The molecule has 0 heterocycles. The minimum absolute atomic E-state index is 0.557. The monoisotopic (exact) mass is 481 g/mol. The summed E-state index contributed by atoms with van der Waals surface area (Å²) in [7, 11) is 1.69. The molecule has 0 saturated heterocycles. The topological polar surface area (TPSA) is 64.4 Å². The third kappa shape index (κ3) is 14.8. The largest absolute Gasteiger partial charge is 0.522 e. The van der Waals surface area contributed by atoms with E-state index in [0.717, 1.165) is 29.9 Å². The van der Waals surface area contributed by atoms with Gasteiger partial charge in [0.25, 0.3) is 0 Å². The van der Waals surface area contributed by atoms with E-state index in [1.165, 1.54) is 12.2 Å². The van der Waals surface area contributed by atoms with Gasteiger partial charge in [-0.1, -0.05) is 48.2 Å². The molecule has 1 N–H and O–H groups in total. The van der Waals surface area contributed by atoms with Gasteiger partial charge in [-0.15, -0.1) is 19.8 Å². The van der Waals surface area contributed by atoms with Crippen molar-refractivity contribution in [3.05, 3.63) is 72.9 Å². The van der Waals surface area contributed by atoms with Crippen LogP contribution >= 0.6 is 0 Å². The van der Waals surface area contributed by atoms with Gasteiger partial charge in [0.05, 0.1) is 25.6 Å². The number of rotatable bonds is 13. The van der Waals surface area contributed by atoms with Gasteiger partial charge < -0.3 is 14.9 Å². The molecule has 1 aromatic carbocycles. The highest BCUT2D eigenvalue weighted by Gasteiger charge is 2.28. The van der Waals surface area contributed by atoms with Crippen LogP contribution in [0.2, 0.25) is 0 Å². The molecule has 0 radical (unpaired) electrons. The van der Waals surface area contributed by atoms with Crippen LogP contribution in [0.15, 0.2) is 71.9 Å². The van der Waals surface area contributed by atoms with Crippen molar-refractivity contribution in [2.45, 2.75) is 26.6 Å². The van der Waals surface area contributed by atoms with E-state index < -0.39 is 13.0 Å². The van der Waals surface area contributed by atoms with Gasteiger partial charge >= 0.3 is 6.36 Å². The minimum atomic E-state index is -4.64. The molecular formula is C25H34F3N3O3. The average molecular weight is 482 g/mol. The van der Waals surface area contributed by atoms with Gasteiger partial charge in [-0.2, -0.15) is 0 Å². The van der Waals surface area contributed by atoms with Crippen LogP contribution in [0.4, 0.5) is 13.2 Å². The Hall–Kier alpha value is -3.17. The second kappa shape index (κ2) is 18.3. The van der Waals surface area contributed by atoms with Crippen LogP contribution in [0.25, 0.3) is 5.57 Å². The van der Waals surface area contributed by atoms with Gasteiger partial charge in [0, 0.05) is 26.8 Å². The number of ether oxygens (including phenoxy) is 2. The lowest BCUT2D eigenvalue weighted by atomic mass is 10.0. The Balaban J connectivity index is 0.000000770. The summed E-state index contributed by atoms with van der Waals surface area (Å²) >= 11 is 0. The lowest BCUT2D eigenvalue weighted by molar-refractivity contribution is -0.319. The summed E-state index contributed by atoms with van der Waals surface area (Å²) in [4.78, 5) is 9.26. The van der Waals surface area contributed by atoms with Gasteiger partial charge in [-0.05, 0) is 42.7 Å². The molecule has 0 atom stereocenters. The minimum Gasteiger partial charge on any atom is -0.384 e. The van der Waals surface area contributed by atoms with Gasteiger partial charge in [0.2, 0.25) is 0 Å². The highest BCUT2D eigenvalue weighted by molar-refractivity contribution is 5.82. The summed E-state index contributed by atoms with van der Waals surface area (Å²) in [6, 6.07) is 5.29. The summed E-state index contributed by atoms with van der Waals surface area (Å²) in [5.41, 5.74) is 2.32. The number of aliphatic imine (C=N–C) groups is 1. The maximum Gasteiger partial charge on any atom is 0.522 e. The highest BCUT2D eigenvalue weighted by atomic mass is 19.4. The van der Waals surface area contributed by atoms with E-state index in [9.17, 15) is 13.2 Å². The predicted molar refractivity (Wildman–Crippen MR) is 133 cm³/mol. The zero-order valence-corrected chi connectivity index (χ0v) is 20.0. The van der Waals surface area contributed by atoms with Crippen LogP contribution < -0.4 is 10.2 Å². The number of hydrogen-bond acceptors (Lipinski definition) is 5. The van der Waals surface area contributed by atoms with Crippen LogP contribution in [0.5, 0.6) is 5.75 Å². The van der Waals surface area contributed by atoms with Crippen molar-refractivity contribution < 1.29 is 27.5 Å². The van der Waals surface area contributed by atoms with Crippen molar-refractivity contribution in [2.75, 3.05) is 33.4 Å². The van der Waals surface area contributed by atoms with E-state index in [4.69, 9.17) is 9.57 Å². The summed E-state index contributed by atoms with van der Waals surface area (Å²) in [5.74, 6) is 1.56. The van der Waals surface area contributed by atoms with Crippen molar-refractivity contribution >= 4 is 18.1 Å². The molecule has 188 valence electrons. The molecule has 0 saturated carbocycles. The van der Waals surface area contributed by atoms with Gasteiger partial charge in [-0.25, -0.2) is 0 Å². The van der Waals surface area contributed by atoms with E-state index in [-0.39, 0.29) is 0 Å². The molecule has 9 heteroatoms. The van der Waals surface area contributed by atoms with Crippen LogP contribution in [0.3, 0.4) is 0 Å². The standard InChI is InChI=1S/C16H16F3NO2.C9H18N2O/c1-4-6-13(7-5-10-21-16(17,18)19)14-8-9-15(22-20-3)12(2)11-14;1-4-7-11-9(10-5-2)6-8-12-3/h4-9,11H,1,3,10H2,2H3;4H,1,5-8H2,2-3H3,(H,10,11)/b7-5-,13-6+;. The Kier molecular flexibility index (Phi) is 16.6. The number of oxime groups is 1. The van der Waals surface area contributed by atoms with E-state index in [1.807, 2.05) is 13.0 Å². The molecule has 1 aromatic rings. The van der Waals surface area contributed by atoms with Crippen molar-refractivity contribution in [3.8, 4) is 5.75 Å².